The van der Waals surface area contributed by atoms with Crippen LogP contribution in [0.15, 0.2) is 324 Å². The summed E-state index contributed by atoms with van der Waals surface area (Å²) >= 11 is 13.7. The predicted octanol–water partition coefficient (Wildman–Crippen LogP) is 23.5. The first-order chi connectivity index (χ1) is 45.4. The highest BCUT2D eigenvalue weighted by Crippen LogP contribution is 2.63. The quantitative estimate of drug-likeness (QED) is 0.164. The Balaban J connectivity index is 0.000000104. The summed E-state index contributed by atoms with van der Waals surface area (Å²) in [6.45, 7) is 0. The van der Waals surface area contributed by atoms with Crippen molar-refractivity contribution in [3.05, 3.63) is 374 Å². The summed E-state index contributed by atoms with van der Waals surface area (Å²) < 4.78 is 9.51. The molecule has 17 aromatic rings. The summed E-state index contributed by atoms with van der Waals surface area (Å²) in [5, 5.41) is 8.56. The zero-order valence-corrected chi connectivity index (χ0v) is 53.4. The van der Waals surface area contributed by atoms with E-state index in [2.05, 4.69) is 343 Å². The number of nitrogens with zero attached hydrogens (tertiary/aromatic N) is 3. The van der Waals surface area contributed by atoms with Crippen LogP contribution < -0.4 is 0 Å². The maximum atomic E-state index is 6.25. The number of rotatable bonds is 2. The Morgan fingerprint density at radius 2 is 0.609 bits per heavy atom. The van der Waals surface area contributed by atoms with Gasteiger partial charge in [0.25, 0.3) is 0 Å². The third-order valence-corrected chi connectivity index (χ3v) is 21.6. The number of benzene rings is 14. The second-order valence-electron chi connectivity index (χ2n) is 24.5. The number of para-hydroxylation sites is 9. The molecule has 2 unspecified atom stereocenters. The molecular weight excluding hydrogens is 1270 g/mol. The third kappa shape index (κ3) is 7.27. The summed E-state index contributed by atoms with van der Waals surface area (Å²) in [4.78, 5) is 0. The summed E-state index contributed by atoms with van der Waals surface area (Å²) in [5.74, 6) is 0. The molecule has 21 rings (SSSR count). The second-order valence-corrected chi connectivity index (χ2v) is 26.7. The summed E-state index contributed by atoms with van der Waals surface area (Å²) in [7, 11) is 0. The summed E-state index contributed by atoms with van der Waals surface area (Å²) in [6, 6.07) is 115. The van der Waals surface area contributed by atoms with E-state index < -0.39 is 5.41 Å². The van der Waals surface area contributed by atoms with Crippen LogP contribution in [-0.2, 0) is 10.8 Å². The average molecular weight is 1320 g/mol. The lowest BCUT2D eigenvalue weighted by atomic mass is 9.65. The molecule has 2 atom stereocenters. The van der Waals surface area contributed by atoms with Crippen molar-refractivity contribution in [2.75, 3.05) is 0 Å². The Labute approximate surface area is 553 Å². The van der Waals surface area contributed by atoms with Crippen LogP contribution in [0.2, 0.25) is 5.02 Å². The van der Waals surface area contributed by atoms with E-state index >= 15 is 0 Å². The number of hydrogen-bond acceptors (Lipinski definition) is 0. The average Bonchev–Trinajstić information content (AvgIpc) is 1.49. The van der Waals surface area contributed by atoms with Gasteiger partial charge in [0.05, 0.1) is 61.0 Å². The first kappa shape index (κ1) is 53.6. The Hall–Kier alpha value is -10.3. The van der Waals surface area contributed by atoms with Gasteiger partial charge in [0.1, 0.15) is 0 Å². The minimum Gasteiger partial charge on any atom is -0.309 e. The molecular formula is C86H52Br2ClN3. The van der Waals surface area contributed by atoms with Crippen molar-refractivity contribution in [3.63, 3.8) is 0 Å². The Kier molecular flexibility index (Phi) is 11.9. The third-order valence-electron chi connectivity index (χ3n) is 20.2. The van der Waals surface area contributed by atoms with E-state index in [0.29, 0.717) is 0 Å². The number of halogens is 3. The van der Waals surface area contributed by atoms with Crippen molar-refractivity contribution in [3.8, 4) is 50.4 Å². The molecule has 2 spiro atoms. The van der Waals surface area contributed by atoms with Crippen molar-refractivity contribution in [1.82, 2.24) is 13.7 Å². The van der Waals surface area contributed by atoms with Gasteiger partial charge in [0.2, 0.25) is 0 Å². The van der Waals surface area contributed by atoms with Crippen LogP contribution in [0.5, 0.6) is 0 Å². The van der Waals surface area contributed by atoms with Crippen LogP contribution in [0.4, 0.5) is 0 Å². The van der Waals surface area contributed by atoms with E-state index in [9.17, 15) is 0 Å². The first-order valence-corrected chi connectivity index (χ1v) is 33.3. The molecule has 92 heavy (non-hydrogen) atoms. The molecule has 0 N–H and O–H groups in total. The van der Waals surface area contributed by atoms with Gasteiger partial charge in [-0.15, -0.1) is 0 Å². The highest BCUT2D eigenvalue weighted by molar-refractivity contribution is 9.10. The number of hydrogen-bond donors (Lipinski definition) is 0. The van der Waals surface area contributed by atoms with Crippen LogP contribution in [0.3, 0.4) is 0 Å². The fourth-order valence-corrected chi connectivity index (χ4v) is 17.7. The number of fused-ring (bicyclic) bond motifs is 27. The van der Waals surface area contributed by atoms with Crippen molar-refractivity contribution in [1.29, 1.82) is 0 Å². The minimum absolute atomic E-state index is 0.351. The molecule has 0 saturated heterocycles. The molecule has 5 heterocycles. The lowest BCUT2D eigenvalue weighted by Crippen LogP contribution is -2.33. The van der Waals surface area contributed by atoms with Gasteiger partial charge in [-0.1, -0.05) is 264 Å². The molecule has 3 nitrogen and oxygen atoms in total. The van der Waals surface area contributed by atoms with E-state index in [-0.39, 0.29) is 5.41 Å². The van der Waals surface area contributed by atoms with Gasteiger partial charge in [0.15, 0.2) is 0 Å². The van der Waals surface area contributed by atoms with Gasteiger partial charge in [-0.3, -0.25) is 0 Å². The highest BCUT2D eigenvalue weighted by Gasteiger charge is 2.52. The molecule has 432 valence electrons. The van der Waals surface area contributed by atoms with Crippen LogP contribution in [0.1, 0.15) is 44.5 Å². The van der Waals surface area contributed by atoms with Crippen LogP contribution in [0.25, 0.3) is 116 Å². The fourth-order valence-electron chi connectivity index (χ4n) is 16.7. The normalized spacial score (nSPS) is 15.6. The zero-order valence-electron chi connectivity index (χ0n) is 49.5. The van der Waals surface area contributed by atoms with E-state index in [1.165, 1.54) is 160 Å². The van der Waals surface area contributed by atoms with E-state index in [4.69, 9.17) is 11.6 Å². The maximum absolute atomic E-state index is 6.25. The standard InChI is InChI=1S/C37H22ClN.C31H18BrN.C18H12BrN/c38-25-19-16-23(17-20-25)24-18-21-27-26-8-1-3-11-30(26)37(33(27)22-24)31-12-4-6-15-35(31)39-34-14-5-2-9-28(34)29-10-7-13-32(37)36(29)39;32-19-16-17-21-20-8-1-3-11-24(20)31(27(21)18-19)25-12-4-6-15-29(25)33-28-14-5-2-9-22(28)23-10-7-13-26(31)30(23)33;19-15-9-3-6-12-18(15)20-16-10-4-1-7-13(16)14-8-2-5-11-17(14)20/h1-22H;1-18H;1-12H. The molecule has 4 aliphatic rings. The molecule has 0 radical (unpaired) electrons. The molecule has 0 saturated carbocycles. The lowest BCUT2D eigenvalue weighted by molar-refractivity contribution is 0.748. The Morgan fingerprint density at radius 3 is 1.12 bits per heavy atom. The molecule has 0 amide bonds. The fraction of sp³-hybridized carbons (Fsp3) is 0.0233. The van der Waals surface area contributed by atoms with Gasteiger partial charge in [0, 0.05) is 46.3 Å². The van der Waals surface area contributed by atoms with Crippen LogP contribution >= 0.6 is 43.5 Å². The smallest absolute Gasteiger partial charge is 0.0754 e. The summed E-state index contributed by atoms with van der Waals surface area (Å²) in [5.41, 5.74) is 29.0. The van der Waals surface area contributed by atoms with Crippen molar-refractivity contribution >= 4 is 109 Å². The van der Waals surface area contributed by atoms with Gasteiger partial charge >= 0.3 is 0 Å². The SMILES string of the molecule is Brc1ccc2c(c1)C1(c3ccccc3-2)c2ccccc2-n2c3ccccc3c3cccc1c32.Brc1ccccc1-n1c2ccccc2c2ccccc21.Clc1ccc(-c2ccc3c(c2)C2(c4ccccc4-3)c3ccccc3-n3c4ccccc4c4cccc2c43)cc1. The first-order valence-electron chi connectivity index (χ1n) is 31.3. The van der Waals surface area contributed by atoms with Gasteiger partial charge in [-0.2, -0.15) is 0 Å². The molecule has 0 bridgehead atoms. The van der Waals surface area contributed by atoms with Gasteiger partial charge in [-0.25, -0.2) is 0 Å². The topological polar surface area (TPSA) is 14.8 Å². The van der Waals surface area contributed by atoms with Crippen LogP contribution in [0, 0.1) is 0 Å². The summed E-state index contributed by atoms with van der Waals surface area (Å²) in [6.07, 6.45) is 0. The predicted molar refractivity (Wildman–Crippen MR) is 390 cm³/mol. The maximum Gasteiger partial charge on any atom is 0.0754 e. The molecule has 2 aliphatic heterocycles. The van der Waals surface area contributed by atoms with Crippen molar-refractivity contribution in [2.24, 2.45) is 0 Å². The highest BCUT2D eigenvalue weighted by atomic mass is 79.9. The van der Waals surface area contributed by atoms with Gasteiger partial charge in [-0.05, 0) is 173 Å². The monoisotopic (exact) mass is 1320 g/mol. The van der Waals surface area contributed by atoms with Crippen molar-refractivity contribution in [2.45, 2.75) is 10.8 Å². The molecule has 6 heteroatoms. The van der Waals surface area contributed by atoms with E-state index in [0.717, 1.165) is 14.0 Å². The molecule has 0 fully saturated rings. The Bertz CT molecular complexity index is 5910. The van der Waals surface area contributed by atoms with Crippen molar-refractivity contribution < 1.29 is 0 Å². The number of aromatic nitrogens is 3. The van der Waals surface area contributed by atoms with E-state index in [1.54, 1.807) is 0 Å². The minimum atomic E-state index is -0.422. The van der Waals surface area contributed by atoms with E-state index in [1.807, 2.05) is 18.2 Å². The molecule has 3 aromatic heterocycles. The van der Waals surface area contributed by atoms with Crippen LogP contribution in [-0.4, -0.2) is 13.7 Å². The Morgan fingerprint density at radius 1 is 0.250 bits per heavy atom. The molecule has 14 aromatic carbocycles. The lowest BCUT2D eigenvalue weighted by Gasteiger charge is -2.39. The largest absolute Gasteiger partial charge is 0.309 e. The van der Waals surface area contributed by atoms with Gasteiger partial charge < -0.3 is 13.7 Å². The molecule has 2 aliphatic carbocycles. The second kappa shape index (κ2) is 20.4. The zero-order chi connectivity index (χ0) is 61.0.